The van der Waals surface area contributed by atoms with Gasteiger partial charge in [0.05, 0.1) is 13.7 Å². The maximum absolute atomic E-state index is 5.43. The number of nitrogens with zero attached hydrogens (tertiary/aromatic N) is 4. The van der Waals surface area contributed by atoms with Crippen LogP contribution in [0.25, 0.3) is 11.4 Å². The van der Waals surface area contributed by atoms with E-state index in [1.165, 1.54) is 6.54 Å². The largest absolute Gasteiger partial charge is 0.497 e. The lowest BCUT2D eigenvalue weighted by atomic mass is 10.2. The van der Waals surface area contributed by atoms with Crippen LogP contribution in [0.5, 0.6) is 5.75 Å². The van der Waals surface area contributed by atoms with E-state index in [0.29, 0.717) is 18.3 Å². The SMILES string of the molecule is COc1cccc(-c2noc(CN3CCN(CC(C)C)CC3)n2)c1. The van der Waals surface area contributed by atoms with Gasteiger partial charge in [-0.2, -0.15) is 4.98 Å². The lowest BCUT2D eigenvalue weighted by molar-refractivity contribution is 0.108. The van der Waals surface area contributed by atoms with E-state index in [-0.39, 0.29) is 0 Å². The van der Waals surface area contributed by atoms with Gasteiger partial charge in [0.2, 0.25) is 11.7 Å². The van der Waals surface area contributed by atoms with Crippen molar-refractivity contribution in [2.24, 2.45) is 5.92 Å². The highest BCUT2D eigenvalue weighted by Gasteiger charge is 2.20. The zero-order valence-electron chi connectivity index (χ0n) is 14.7. The molecule has 1 aromatic carbocycles. The molecule has 0 atom stereocenters. The lowest BCUT2D eigenvalue weighted by Crippen LogP contribution is -2.46. The van der Waals surface area contributed by atoms with E-state index in [1.807, 2.05) is 24.3 Å². The average Bonchev–Trinajstić information content (AvgIpc) is 3.05. The van der Waals surface area contributed by atoms with Crippen LogP contribution in [0, 0.1) is 5.92 Å². The second-order valence-electron chi connectivity index (χ2n) is 6.71. The van der Waals surface area contributed by atoms with Crippen LogP contribution in [0.2, 0.25) is 0 Å². The highest BCUT2D eigenvalue weighted by Crippen LogP contribution is 2.21. The summed E-state index contributed by atoms with van der Waals surface area (Å²) in [6.07, 6.45) is 0. The third-order valence-corrected chi connectivity index (χ3v) is 4.24. The molecule has 130 valence electrons. The van der Waals surface area contributed by atoms with E-state index in [4.69, 9.17) is 9.26 Å². The van der Waals surface area contributed by atoms with Crippen LogP contribution in [0.3, 0.4) is 0 Å². The van der Waals surface area contributed by atoms with Crippen LogP contribution in [0.1, 0.15) is 19.7 Å². The van der Waals surface area contributed by atoms with Gasteiger partial charge in [0.15, 0.2) is 0 Å². The number of aromatic nitrogens is 2. The first-order chi connectivity index (χ1) is 11.6. The summed E-state index contributed by atoms with van der Waals surface area (Å²) >= 11 is 0. The average molecular weight is 330 g/mol. The molecule has 1 aromatic heterocycles. The molecule has 1 saturated heterocycles. The number of benzene rings is 1. The van der Waals surface area contributed by atoms with Crippen LogP contribution in [0.15, 0.2) is 28.8 Å². The van der Waals surface area contributed by atoms with Gasteiger partial charge >= 0.3 is 0 Å². The lowest BCUT2D eigenvalue weighted by Gasteiger charge is -2.34. The minimum absolute atomic E-state index is 0.613. The highest BCUT2D eigenvalue weighted by molar-refractivity contribution is 5.56. The van der Waals surface area contributed by atoms with E-state index >= 15 is 0 Å². The molecule has 0 saturated carbocycles. The zero-order valence-corrected chi connectivity index (χ0v) is 14.7. The van der Waals surface area contributed by atoms with E-state index in [9.17, 15) is 0 Å². The first-order valence-corrected chi connectivity index (χ1v) is 8.56. The monoisotopic (exact) mass is 330 g/mol. The summed E-state index contributed by atoms with van der Waals surface area (Å²) in [6, 6.07) is 7.71. The molecule has 0 unspecified atom stereocenters. The number of hydrogen-bond donors (Lipinski definition) is 0. The molecule has 0 bridgehead atoms. The number of rotatable bonds is 6. The van der Waals surface area contributed by atoms with Gasteiger partial charge in [-0.25, -0.2) is 0 Å². The molecule has 0 amide bonds. The first-order valence-electron chi connectivity index (χ1n) is 8.56. The topological polar surface area (TPSA) is 54.6 Å². The van der Waals surface area contributed by atoms with E-state index < -0.39 is 0 Å². The van der Waals surface area contributed by atoms with Crippen molar-refractivity contribution in [1.82, 2.24) is 19.9 Å². The summed E-state index contributed by atoms with van der Waals surface area (Å²) in [5, 5.41) is 4.10. The van der Waals surface area contributed by atoms with Crippen molar-refractivity contribution in [3.8, 4) is 17.1 Å². The molecule has 3 rings (SSSR count). The van der Waals surface area contributed by atoms with Crippen LogP contribution in [-0.2, 0) is 6.54 Å². The second kappa shape index (κ2) is 7.77. The fourth-order valence-electron chi connectivity index (χ4n) is 3.04. The molecule has 6 nitrogen and oxygen atoms in total. The molecule has 1 aliphatic heterocycles. The standard InChI is InChI=1S/C18H26N4O2/c1-14(2)12-21-7-9-22(10-8-21)13-17-19-18(20-24-17)15-5-4-6-16(11-15)23-3/h4-6,11,14H,7-10,12-13H2,1-3H3. The van der Waals surface area contributed by atoms with Gasteiger partial charge < -0.3 is 14.2 Å². The molecular formula is C18H26N4O2. The maximum atomic E-state index is 5.43. The van der Waals surface area contributed by atoms with Crippen molar-refractivity contribution < 1.29 is 9.26 Å². The molecule has 2 heterocycles. The van der Waals surface area contributed by atoms with E-state index in [1.54, 1.807) is 7.11 Å². The van der Waals surface area contributed by atoms with Crippen LogP contribution in [0.4, 0.5) is 0 Å². The van der Waals surface area contributed by atoms with Gasteiger partial charge in [-0.15, -0.1) is 0 Å². The second-order valence-corrected chi connectivity index (χ2v) is 6.71. The molecule has 2 aromatic rings. The summed E-state index contributed by atoms with van der Waals surface area (Å²) in [5.74, 6) is 2.80. The van der Waals surface area contributed by atoms with Crippen LogP contribution >= 0.6 is 0 Å². The zero-order chi connectivity index (χ0) is 16.9. The minimum Gasteiger partial charge on any atom is -0.497 e. The number of methoxy groups -OCH3 is 1. The number of piperazine rings is 1. The quantitative estimate of drug-likeness (QED) is 0.811. The van der Waals surface area contributed by atoms with Crippen molar-refractivity contribution in [3.63, 3.8) is 0 Å². The molecule has 0 N–H and O–H groups in total. The summed E-state index contributed by atoms with van der Waals surface area (Å²) < 4.78 is 10.7. The van der Waals surface area contributed by atoms with Crippen molar-refractivity contribution in [1.29, 1.82) is 0 Å². The van der Waals surface area contributed by atoms with E-state index in [2.05, 4.69) is 33.8 Å². The number of hydrogen-bond acceptors (Lipinski definition) is 6. The Kier molecular flexibility index (Phi) is 5.48. The van der Waals surface area contributed by atoms with Crippen molar-refractivity contribution in [2.45, 2.75) is 20.4 Å². The third kappa shape index (κ3) is 4.33. The molecule has 0 spiro atoms. The van der Waals surface area contributed by atoms with Gasteiger partial charge in [-0.05, 0) is 18.1 Å². The summed E-state index contributed by atoms with van der Waals surface area (Å²) in [4.78, 5) is 9.43. The normalized spacial score (nSPS) is 16.7. The molecule has 1 fully saturated rings. The maximum Gasteiger partial charge on any atom is 0.241 e. The van der Waals surface area contributed by atoms with Crippen molar-refractivity contribution >= 4 is 0 Å². The van der Waals surface area contributed by atoms with Crippen LogP contribution < -0.4 is 4.74 Å². The molecule has 6 heteroatoms. The van der Waals surface area contributed by atoms with Gasteiger partial charge in [-0.3, -0.25) is 4.90 Å². The Morgan fingerprint density at radius 3 is 2.62 bits per heavy atom. The molecule has 0 aliphatic carbocycles. The minimum atomic E-state index is 0.613. The van der Waals surface area contributed by atoms with E-state index in [0.717, 1.165) is 43.4 Å². The predicted octanol–water partition coefficient (Wildman–Crippen LogP) is 2.52. The Morgan fingerprint density at radius 1 is 1.17 bits per heavy atom. The van der Waals surface area contributed by atoms with Gasteiger partial charge in [0, 0.05) is 38.3 Å². The molecule has 0 radical (unpaired) electrons. The molecule has 24 heavy (non-hydrogen) atoms. The Hall–Kier alpha value is -1.92. The highest BCUT2D eigenvalue weighted by atomic mass is 16.5. The Balaban J connectivity index is 1.57. The molecule has 1 aliphatic rings. The van der Waals surface area contributed by atoms with Crippen LogP contribution in [-0.4, -0.2) is 59.8 Å². The third-order valence-electron chi connectivity index (χ3n) is 4.24. The Morgan fingerprint density at radius 2 is 1.92 bits per heavy atom. The predicted molar refractivity (Wildman–Crippen MR) is 92.8 cm³/mol. The first kappa shape index (κ1) is 16.9. The van der Waals surface area contributed by atoms with Crippen molar-refractivity contribution in [2.75, 3.05) is 39.8 Å². The van der Waals surface area contributed by atoms with Gasteiger partial charge in [0.25, 0.3) is 0 Å². The van der Waals surface area contributed by atoms with Crippen molar-refractivity contribution in [3.05, 3.63) is 30.2 Å². The number of ether oxygens (including phenoxy) is 1. The Bertz CT molecular complexity index is 648. The smallest absolute Gasteiger partial charge is 0.241 e. The Labute approximate surface area is 143 Å². The summed E-state index contributed by atoms with van der Waals surface area (Å²) in [5.41, 5.74) is 0.908. The van der Waals surface area contributed by atoms with Gasteiger partial charge in [-0.1, -0.05) is 31.1 Å². The fourth-order valence-corrected chi connectivity index (χ4v) is 3.04. The molecular weight excluding hydrogens is 304 g/mol. The fraction of sp³-hybridized carbons (Fsp3) is 0.556. The van der Waals surface area contributed by atoms with Gasteiger partial charge in [0.1, 0.15) is 5.75 Å². The summed E-state index contributed by atoms with van der Waals surface area (Å²) in [6.45, 7) is 10.7. The summed E-state index contributed by atoms with van der Waals surface area (Å²) in [7, 11) is 1.65.